The molecule has 0 saturated carbocycles. The number of carbonyl (C=O) groups is 1. The molecule has 1 heterocycles. The van der Waals surface area contributed by atoms with E-state index < -0.39 is 15.9 Å². The summed E-state index contributed by atoms with van der Waals surface area (Å²) in [6.45, 7) is 5.82. The molecule has 0 aliphatic carbocycles. The summed E-state index contributed by atoms with van der Waals surface area (Å²) in [5.74, 6) is -0.552. The molecule has 0 bridgehead atoms. The average Bonchev–Trinajstić information content (AvgIpc) is 3.29. The first-order valence-electron chi connectivity index (χ1n) is 13.8. The standard InChI is InChI=1S/C34H30Cl2N4O3S/c1-23-8-18-31(19-9-23)44(42,43)39(22-26-10-12-28(35)13-11-26)33-7-5-4-6-32(33)34(41)38-37-21-27-20-24(2)40(25(27)3)30-16-14-29(36)15-17-30/h4-21H,22H2,1-3H3,(H,38,41)/b37-21-. The van der Waals surface area contributed by atoms with E-state index in [-0.39, 0.29) is 22.7 Å². The molecule has 1 aromatic heterocycles. The molecule has 0 unspecified atom stereocenters. The Bertz CT molecular complexity index is 1930. The van der Waals surface area contributed by atoms with Crippen LogP contribution in [-0.2, 0) is 16.6 Å². The maximum atomic E-state index is 14.0. The van der Waals surface area contributed by atoms with Gasteiger partial charge in [-0.1, -0.05) is 65.2 Å². The van der Waals surface area contributed by atoms with E-state index in [0.717, 1.165) is 28.2 Å². The number of carbonyl (C=O) groups excluding carboxylic acids is 1. The Morgan fingerprint density at radius 3 is 2.14 bits per heavy atom. The minimum atomic E-state index is -4.06. The molecule has 224 valence electrons. The monoisotopic (exact) mass is 644 g/mol. The van der Waals surface area contributed by atoms with E-state index >= 15 is 0 Å². The number of hydrogen-bond acceptors (Lipinski definition) is 4. The molecule has 5 aromatic rings. The highest BCUT2D eigenvalue weighted by Gasteiger charge is 2.28. The van der Waals surface area contributed by atoms with E-state index in [2.05, 4.69) is 15.1 Å². The van der Waals surface area contributed by atoms with E-state index in [1.807, 2.05) is 51.1 Å². The van der Waals surface area contributed by atoms with Crippen LogP contribution in [0, 0.1) is 20.8 Å². The molecule has 0 spiro atoms. The van der Waals surface area contributed by atoms with Crippen molar-refractivity contribution in [3.8, 4) is 5.69 Å². The highest BCUT2D eigenvalue weighted by Crippen LogP contribution is 2.30. The number of amides is 1. The number of sulfonamides is 1. The largest absolute Gasteiger partial charge is 0.318 e. The summed E-state index contributed by atoms with van der Waals surface area (Å²) in [5, 5.41) is 5.41. The Labute approximate surface area is 267 Å². The maximum absolute atomic E-state index is 14.0. The van der Waals surface area contributed by atoms with Crippen LogP contribution in [0.2, 0.25) is 10.0 Å². The molecule has 0 atom stereocenters. The van der Waals surface area contributed by atoms with E-state index in [9.17, 15) is 13.2 Å². The maximum Gasteiger partial charge on any atom is 0.273 e. The van der Waals surface area contributed by atoms with Crippen molar-refractivity contribution in [1.82, 2.24) is 9.99 Å². The van der Waals surface area contributed by atoms with Gasteiger partial charge in [-0.25, -0.2) is 13.8 Å². The molecule has 0 aliphatic rings. The Hall–Kier alpha value is -4.37. The summed E-state index contributed by atoms with van der Waals surface area (Å²) >= 11 is 12.1. The van der Waals surface area contributed by atoms with Crippen LogP contribution in [0.1, 0.15) is 38.4 Å². The van der Waals surface area contributed by atoms with Gasteiger partial charge in [0, 0.05) is 32.7 Å². The van der Waals surface area contributed by atoms with Crippen LogP contribution < -0.4 is 9.73 Å². The number of nitrogens with one attached hydrogen (secondary N) is 1. The molecule has 10 heteroatoms. The topological polar surface area (TPSA) is 83.8 Å². The van der Waals surface area contributed by atoms with Crippen molar-refractivity contribution in [3.63, 3.8) is 0 Å². The van der Waals surface area contributed by atoms with Gasteiger partial charge in [-0.2, -0.15) is 5.10 Å². The van der Waals surface area contributed by atoms with Crippen LogP contribution in [0.4, 0.5) is 5.69 Å². The van der Waals surface area contributed by atoms with Crippen LogP contribution in [0.15, 0.2) is 113 Å². The molecular formula is C34H30Cl2N4O3S. The fourth-order valence-electron chi connectivity index (χ4n) is 4.90. The van der Waals surface area contributed by atoms with Gasteiger partial charge in [0.2, 0.25) is 0 Å². The van der Waals surface area contributed by atoms with Crippen LogP contribution in [0.3, 0.4) is 0 Å². The molecule has 4 aromatic carbocycles. The Morgan fingerprint density at radius 2 is 1.48 bits per heavy atom. The smallest absolute Gasteiger partial charge is 0.273 e. The Kier molecular flexibility index (Phi) is 9.25. The lowest BCUT2D eigenvalue weighted by Crippen LogP contribution is -2.33. The number of benzene rings is 4. The van der Waals surface area contributed by atoms with Crippen molar-refractivity contribution in [2.45, 2.75) is 32.2 Å². The summed E-state index contributed by atoms with van der Waals surface area (Å²) in [6.07, 6.45) is 1.57. The van der Waals surface area contributed by atoms with Crippen LogP contribution in [-0.4, -0.2) is 25.1 Å². The second-order valence-electron chi connectivity index (χ2n) is 10.3. The first-order valence-corrected chi connectivity index (χ1v) is 16.0. The van der Waals surface area contributed by atoms with Gasteiger partial charge >= 0.3 is 0 Å². The Balaban J connectivity index is 1.46. The second-order valence-corrected chi connectivity index (χ2v) is 13.0. The number of aryl methyl sites for hydroxylation is 2. The number of halogens is 2. The molecule has 0 radical (unpaired) electrons. The van der Waals surface area contributed by atoms with E-state index in [4.69, 9.17) is 23.2 Å². The lowest BCUT2D eigenvalue weighted by molar-refractivity contribution is 0.0955. The molecule has 7 nitrogen and oxygen atoms in total. The number of rotatable bonds is 9. The van der Waals surface area contributed by atoms with Crippen molar-refractivity contribution in [2.75, 3.05) is 4.31 Å². The molecule has 0 saturated heterocycles. The molecule has 1 amide bonds. The van der Waals surface area contributed by atoms with Gasteiger partial charge in [-0.3, -0.25) is 9.10 Å². The minimum Gasteiger partial charge on any atom is -0.318 e. The van der Waals surface area contributed by atoms with E-state index in [1.165, 1.54) is 4.31 Å². The lowest BCUT2D eigenvalue weighted by atomic mass is 10.1. The van der Waals surface area contributed by atoms with E-state index in [0.29, 0.717) is 15.6 Å². The van der Waals surface area contributed by atoms with Crippen LogP contribution in [0.5, 0.6) is 0 Å². The molecule has 1 N–H and O–H groups in total. The predicted molar refractivity (Wildman–Crippen MR) is 178 cm³/mol. The average molecular weight is 646 g/mol. The van der Waals surface area contributed by atoms with Gasteiger partial charge in [-0.05, 0) is 93.1 Å². The van der Waals surface area contributed by atoms with Gasteiger partial charge in [0.25, 0.3) is 15.9 Å². The number of anilines is 1. The quantitative estimate of drug-likeness (QED) is 0.131. The summed E-state index contributed by atoms with van der Waals surface area (Å²) in [6, 6.07) is 29.6. The van der Waals surface area contributed by atoms with Gasteiger partial charge in [0.15, 0.2) is 0 Å². The van der Waals surface area contributed by atoms with Crippen LogP contribution in [0.25, 0.3) is 5.69 Å². The number of para-hydroxylation sites is 1. The molecule has 0 aliphatic heterocycles. The third-order valence-electron chi connectivity index (χ3n) is 7.19. The number of nitrogens with zero attached hydrogens (tertiary/aromatic N) is 3. The van der Waals surface area contributed by atoms with Gasteiger partial charge in [0.1, 0.15) is 0 Å². The number of hydrogen-bond donors (Lipinski definition) is 1. The van der Waals surface area contributed by atoms with Gasteiger partial charge in [0.05, 0.1) is 28.9 Å². The second kappa shape index (κ2) is 13.1. The zero-order valence-corrected chi connectivity index (χ0v) is 26.7. The van der Waals surface area contributed by atoms with Gasteiger partial charge in [-0.15, -0.1) is 0 Å². The van der Waals surface area contributed by atoms with Crippen molar-refractivity contribution in [3.05, 3.63) is 147 Å². The fraction of sp³-hybridized carbons (Fsp3) is 0.118. The predicted octanol–water partition coefficient (Wildman–Crippen LogP) is 7.87. The van der Waals surface area contributed by atoms with Crippen molar-refractivity contribution < 1.29 is 13.2 Å². The minimum absolute atomic E-state index is 0.0162. The number of aromatic nitrogens is 1. The van der Waals surface area contributed by atoms with E-state index in [1.54, 1.807) is 79.0 Å². The van der Waals surface area contributed by atoms with Crippen molar-refractivity contribution >= 4 is 51.0 Å². The summed E-state index contributed by atoms with van der Waals surface area (Å²) < 4.78 is 31.4. The first kappa shape index (κ1) is 31.1. The van der Waals surface area contributed by atoms with Crippen LogP contribution >= 0.6 is 23.2 Å². The van der Waals surface area contributed by atoms with Gasteiger partial charge < -0.3 is 4.57 Å². The molecular weight excluding hydrogens is 615 g/mol. The normalized spacial score (nSPS) is 11.6. The zero-order valence-electron chi connectivity index (χ0n) is 24.3. The summed E-state index contributed by atoms with van der Waals surface area (Å²) in [7, 11) is -4.06. The third kappa shape index (κ3) is 6.73. The summed E-state index contributed by atoms with van der Waals surface area (Å²) in [5.41, 5.74) is 8.28. The molecule has 44 heavy (non-hydrogen) atoms. The fourth-order valence-corrected chi connectivity index (χ4v) is 6.63. The molecule has 5 rings (SSSR count). The number of hydrazone groups is 1. The summed E-state index contributed by atoms with van der Waals surface area (Å²) in [4.78, 5) is 13.6. The third-order valence-corrected chi connectivity index (χ3v) is 9.47. The molecule has 0 fully saturated rings. The first-order chi connectivity index (χ1) is 21.0. The zero-order chi connectivity index (χ0) is 31.4. The lowest BCUT2D eigenvalue weighted by Gasteiger charge is -2.26. The van der Waals surface area contributed by atoms with Crippen molar-refractivity contribution in [2.24, 2.45) is 5.10 Å². The highest BCUT2D eigenvalue weighted by atomic mass is 35.5. The van der Waals surface area contributed by atoms with Crippen molar-refractivity contribution in [1.29, 1.82) is 0 Å². The Morgan fingerprint density at radius 1 is 0.864 bits per heavy atom. The SMILES string of the molecule is Cc1ccc(S(=O)(=O)N(Cc2ccc(Cl)cc2)c2ccccc2C(=O)N/N=C\c2cc(C)n(-c3ccc(Cl)cc3)c2C)cc1. The highest BCUT2D eigenvalue weighted by molar-refractivity contribution is 7.92.